The first-order chi connectivity index (χ1) is 7.88. The van der Waals surface area contributed by atoms with E-state index in [4.69, 9.17) is 5.11 Å². The summed E-state index contributed by atoms with van der Waals surface area (Å²) in [6.45, 7) is 1.12. The van der Waals surface area contributed by atoms with Crippen LogP contribution in [-0.4, -0.2) is 37.2 Å². The van der Waals surface area contributed by atoms with Crippen molar-refractivity contribution in [1.29, 1.82) is 0 Å². The Kier molecular flexibility index (Phi) is 4.77. The van der Waals surface area contributed by atoms with Crippen LogP contribution in [0.15, 0.2) is 18.2 Å². The van der Waals surface area contributed by atoms with Crippen LogP contribution < -0.4 is 5.32 Å². The molecule has 6 heteroatoms. The maximum Gasteiger partial charge on any atom is 0.157 e. The summed E-state index contributed by atoms with van der Waals surface area (Å²) in [5.74, 6) is -0.132. The number of phenols is 2. The number of benzene rings is 1. The highest BCUT2D eigenvalue weighted by atomic mass is 32.2. The molecule has 0 amide bonds. The van der Waals surface area contributed by atoms with Gasteiger partial charge in [0.15, 0.2) is 11.5 Å². The van der Waals surface area contributed by atoms with Gasteiger partial charge in [0.1, 0.15) is 9.84 Å². The van der Waals surface area contributed by atoms with Crippen LogP contribution in [0, 0.1) is 0 Å². The van der Waals surface area contributed by atoms with Crippen molar-refractivity contribution >= 4 is 9.84 Å². The highest BCUT2D eigenvalue weighted by molar-refractivity contribution is 7.90. The Morgan fingerprint density at radius 2 is 1.94 bits per heavy atom. The lowest BCUT2D eigenvalue weighted by atomic mass is 10.2. The number of hydrogen-bond acceptors (Lipinski definition) is 5. The second kappa shape index (κ2) is 5.88. The summed E-state index contributed by atoms with van der Waals surface area (Å²) >= 11 is 0. The molecule has 5 nitrogen and oxygen atoms in total. The van der Waals surface area contributed by atoms with E-state index in [-0.39, 0.29) is 17.3 Å². The Morgan fingerprint density at radius 3 is 2.53 bits per heavy atom. The molecule has 0 radical (unpaired) electrons. The van der Waals surface area contributed by atoms with Gasteiger partial charge in [-0.25, -0.2) is 8.42 Å². The predicted octanol–water partition coefficient (Wildman–Crippen LogP) is 0.622. The van der Waals surface area contributed by atoms with Crippen LogP contribution in [0.25, 0.3) is 0 Å². The number of phenolic OH excluding ortho intramolecular Hbond substituents is 2. The minimum Gasteiger partial charge on any atom is -0.504 e. The van der Waals surface area contributed by atoms with Gasteiger partial charge in [-0.05, 0) is 30.7 Å². The van der Waals surface area contributed by atoms with Crippen molar-refractivity contribution in [2.45, 2.75) is 13.0 Å². The Morgan fingerprint density at radius 1 is 1.24 bits per heavy atom. The summed E-state index contributed by atoms with van der Waals surface area (Å²) in [5, 5.41) is 21.4. The predicted molar refractivity (Wildman–Crippen MR) is 65.8 cm³/mol. The highest BCUT2D eigenvalue weighted by Gasteiger charge is 2.02. The molecule has 1 aromatic carbocycles. The van der Waals surface area contributed by atoms with Crippen molar-refractivity contribution in [3.05, 3.63) is 23.8 Å². The fourth-order valence-corrected chi connectivity index (χ4v) is 2.04. The molecule has 0 heterocycles. The molecule has 0 aliphatic carbocycles. The van der Waals surface area contributed by atoms with Crippen molar-refractivity contribution in [2.75, 3.05) is 18.6 Å². The summed E-state index contributed by atoms with van der Waals surface area (Å²) in [6, 6.07) is 4.58. The van der Waals surface area contributed by atoms with Gasteiger partial charge in [-0.3, -0.25) is 0 Å². The van der Waals surface area contributed by atoms with Crippen LogP contribution in [0.1, 0.15) is 12.0 Å². The number of nitrogens with one attached hydrogen (secondary N) is 1. The maximum atomic E-state index is 10.9. The summed E-state index contributed by atoms with van der Waals surface area (Å²) in [6.07, 6.45) is 1.77. The first kappa shape index (κ1) is 13.8. The van der Waals surface area contributed by atoms with Gasteiger partial charge < -0.3 is 15.5 Å². The van der Waals surface area contributed by atoms with Crippen LogP contribution in [0.3, 0.4) is 0 Å². The molecule has 0 spiro atoms. The summed E-state index contributed by atoms with van der Waals surface area (Å²) in [5.41, 5.74) is 0.833. The Labute approximate surface area is 101 Å². The summed E-state index contributed by atoms with van der Waals surface area (Å²) in [7, 11) is -2.89. The topological polar surface area (TPSA) is 86.6 Å². The molecule has 0 unspecified atom stereocenters. The molecule has 0 aliphatic heterocycles. The number of hydrogen-bond donors (Lipinski definition) is 3. The number of rotatable bonds is 6. The standard InChI is InChI=1S/C11H17NO4S/c1-17(15,16)6-2-5-12-8-9-3-4-10(13)11(14)7-9/h3-4,7,12-14H,2,5-6,8H2,1H3. The third-order valence-corrected chi connectivity index (χ3v) is 3.27. The van der Waals surface area contributed by atoms with Crippen molar-refractivity contribution in [2.24, 2.45) is 0 Å². The van der Waals surface area contributed by atoms with E-state index in [1.54, 1.807) is 6.07 Å². The van der Waals surface area contributed by atoms with E-state index in [0.717, 1.165) is 5.56 Å². The maximum absolute atomic E-state index is 10.9. The molecule has 0 aliphatic rings. The lowest BCUT2D eigenvalue weighted by molar-refractivity contribution is 0.403. The quantitative estimate of drug-likeness (QED) is 0.515. The van der Waals surface area contributed by atoms with Crippen molar-refractivity contribution in [1.82, 2.24) is 5.32 Å². The molecular weight excluding hydrogens is 242 g/mol. The minimum absolute atomic E-state index is 0.147. The Hall–Kier alpha value is -1.27. The molecule has 0 aromatic heterocycles. The smallest absolute Gasteiger partial charge is 0.157 e. The van der Waals surface area contributed by atoms with Gasteiger partial charge in [0, 0.05) is 12.8 Å². The summed E-state index contributed by atoms with van der Waals surface area (Å²) in [4.78, 5) is 0. The van der Waals surface area contributed by atoms with Crippen molar-refractivity contribution < 1.29 is 18.6 Å². The molecule has 1 rings (SSSR count). The molecular formula is C11H17NO4S. The lowest BCUT2D eigenvalue weighted by Crippen LogP contribution is -2.17. The number of sulfone groups is 1. The average molecular weight is 259 g/mol. The van der Waals surface area contributed by atoms with E-state index in [9.17, 15) is 13.5 Å². The fraction of sp³-hybridized carbons (Fsp3) is 0.455. The van der Waals surface area contributed by atoms with Gasteiger partial charge in [0.2, 0.25) is 0 Å². The zero-order valence-electron chi connectivity index (χ0n) is 9.68. The molecule has 0 saturated carbocycles. The first-order valence-corrected chi connectivity index (χ1v) is 7.34. The normalized spacial score (nSPS) is 11.6. The molecule has 0 atom stereocenters. The zero-order valence-corrected chi connectivity index (χ0v) is 10.5. The third kappa shape index (κ3) is 5.55. The van der Waals surface area contributed by atoms with E-state index >= 15 is 0 Å². The van der Waals surface area contributed by atoms with Crippen LogP contribution in [0.2, 0.25) is 0 Å². The van der Waals surface area contributed by atoms with Crippen LogP contribution >= 0.6 is 0 Å². The van der Waals surface area contributed by atoms with Gasteiger partial charge >= 0.3 is 0 Å². The molecule has 0 fully saturated rings. The Balaban J connectivity index is 2.29. The van der Waals surface area contributed by atoms with E-state index < -0.39 is 9.84 Å². The monoisotopic (exact) mass is 259 g/mol. The van der Waals surface area contributed by atoms with Crippen LogP contribution in [0.4, 0.5) is 0 Å². The van der Waals surface area contributed by atoms with Gasteiger partial charge in [-0.15, -0.1) is 0 Å². The van der Waals surface area contributed by atoms with E-state index in [1.165, 1.54) is 18.4 Å². The zero-order chi connectivity index (χ0) is 12.9. The van der Waals surface area contributed by atoms with Crippen molar-refractivity contribution in [3.63, 3.8) is 0 Å². The van der Waals surface area contributed by atoms with Crippen LogP contribution in [-0.2, 0) is 16.4 Å². The first-order valence-electron chi connectivity index (χ1n) is 5.28. The summed E-state index contributed by atoms with van der Waals surface area (Å²) < 4.78 is 21.7. The minimum atomic E-state index is -2.89. The average Bonchev–Trinajstić information content (AvgIpc) is 2.21. The van der Waals surface area contributed by atoms with Crippen LogP contribution in [0.5, 0.6) is 11.5 Å². The van der Waals surface area contributed by atoms with Gasteiger partial charge in [-0.1, -0.05) is 6.07 Å². The highest BCUT2D eigenvalue weighted by Crippen LogP contribution is 2.24. The second-order valence-electron chi connectivity index (χ2n) is 3.98. The molecule has 17 heavy (non-hydrogen) atoms. The van der Waals surface area contributed by atoms with Gasteiger partial charge in [0.25, 0.3) is 0 Å². The molecule has 3 N–H and O–H groups in total. The SMILES string of the molecule is CS(=O)(=O)CCCNCc1ccc(O)c(O)c1. The van der Waals surface area contributed by atoms with Crippen molar-refractivity contribution in [3.8, 4) is 11.5 Å². The lowest BCUT2D eigenvalue weighted by Gasteiger charge is -2.05. The van der Waals surface area contributed by atoms with Gasteiger partial charge in [0.05, 0.1) is 5.75 Å². The largest absolute Gasteiger partial charge is 0.504 e. The second-order valence-corrected chi connectivity index (χ2v) is 6.24. The van der Waals surface area contributed by atoms with Gasteiger partial charge in [-0.2, -0.15) is 0 Å². The van der Waals surface area contributed by atoms with E-state index in [0.29, 0.717) is 19.5 Å². The molecule has 96 valence electrons. The number of aromatic hydroxyl groups is 2. The Bertz CT molecular complexity index is 470. The van der Waals surface area contributed by atoms with E-state index in [2.05, 4.69) is 5.32 Å². The molecule has 0 saturated heterocycles. The third-order valence-electron chi connectivity index (χ3n) is 2.24. The molecule has 0 bridgehead atoms. The molecule has 1 aromatic rings. The fourth-order valence-electron chi connectivity index (χ4n) is 1.37. The van der Waals surface area contributed by atoms with E-state index in [1.807, 2.05) is 0 Å².